The summed E-state index contributed by atoms with van der Waals surface area (Å²) in [6, 6.07) is 11.6. The van der Waals surface area contributed by atoms with Gasteiger partial charge in [0.05, 0.1) is 12.0 Å². The second kappa shape index (κ2) is 6.56. The van der Waals surface area contributed by atoms with Crippen LogP contribution >= 0.6 is 0 Å². The lowest BCUT2D eigenvalue weighted by molar-refractivity contribution is -0.385. The lowest BCUT2D eigenvalue weighted by Crippen LogP contribution is -2.05. The molecular formula is C18H14N2O5. The molecule has 0 unspecified atom stereocenters. The second-order valence-corrected chi connectivity index (χ2v) is 5.37. The maximum absolute atomic E-state index is 12.0. The highest BCUT2D eigenvalue weighted by Gasteiger charge is 2.24. The zero-order valence-electron chi connectivity index (χ0n) is 13.6. The normalized spacial score (nSPS) is 15.0. The summed E-state index contributed by atoms with van der Waals surface area (Å²) in [6.45, 7) is 1.65. The van der Waals surface area contributed by atoms with Crippen molar-refractivity contribution in [1.29, 1.82) is 0 Å². The van der Waals surface area contributed by atoms with E-state index in [1.807, 2.05) is 0 Å². The number of methoxy groups -OCH3 is 1. The van der Waals surface area contributed by atoms with Gasteiger partial charge < -0.3 is 9.47 Å². The number of ether oxygens (including phenoxy) is 2. The average Bonchev–Trinajstić information content (AvgIpc) is 2.97. The minimum atomic E-state index is -0.603. The van der Waals surface area contributed by atoms with Crippen LogP contribution in [0.2, 0.25) is 0 Å². The van der Waals surface area contributed by atoms with Crippen molar-refractivity contribution in [2.75, 3.05) is 7.11 Å². The molecule has 0 atom stereocenters. The number of cyclic esters (lactones) is 1. The zero-order valence-corrected chi connectivity index (χ0v) is 13.6. The Labute approximate surface area is 143 Å². The number of esters is 1. The molecule has 0 saturated heterocycles. The van der Waals surface area contributed by atoms with Gasteiger partial charge in [0.2, 0.25) is 5.90 Å². The van der Waals surface area contributed by atoms with Crippen LogP contribution in [-0.4, -0.2) is 23.9 Å². The molecule has 0 radical (unpaired) electrons. The number of nitro benzene ring substituents is 1. The topological polar surface area (TPSA) is 91.0 Å². The van der Waals surface area contributed by atoms with Crippen molar-refractivity contribution in [3.05, 3.63) is 75.0 Å². The zero-order chi connectivity index (χ0) is 18.0. The first-order valence-corrected chi connectivity index (χ1v) is 7.40. The molecule has 2 aromatic carbocycles. The summed E-state index contributed by atoms with van der Waals surface area (Å²) in [5, 5.41) is 11.0. The summed E-state index contributed by atoms with van der Waals surface area (Å²) in [4.78, 5) is 26.7. The van der Waals surface area contributed by atoms with E-state index in [9.17, 15) is 14.9 Å². The minimum absolute atomic E-state index is 0.0138. The van der Waals surface area contributed by atoms with Gasteiger partial charge >= 0.3 is 5.97 Å². The number of nitrogens with zero attached hydrogens (tertiary/aromatic N) is 2. The summed E-state index contributed by atoms with van der Waals surface area (Å²) in [6.07, 6.45) is 1.46. The van der Waals surface area contributed by atoms with Crippen molar-refractivity contribution in [1.82, 2.24) is 0 Å². The summed E-state index contributed by atoms with van der Waals surface area (Å²) < 4.78 is 10.3. The fourth-order valence-electron chi connectivity index (χ4n) is 2.34. The summed E-state index contributed by atoms with van der Waals surface area (Å²) in [7, 11) is 1.56. The number of aliphatic imine (C=N–C) groups is 1. The Morgan fingerprint density at radius 2 is 1.92 bits per heavy atom. The van der Waals surface area contributed by atoms with E-state index in [1.165, 1.54) is 12.1 Å². The van der Waals surface area contributed by atoms with Gasteiger partial charge in [0.15, 0.2) is 5.70 Å². The van der Waals surface area contributed by atoms with E-state index in [0.29, 0.717) is 22.4 Å². The Kier molecular flexibility index (Phi) is 4.30. The van der Waals surface area contributed by atoms with Crippen LogP contribution in [0.4, 0.5) is 5.69 Å². The summed E-state index contributed by atoms with van der Waals surface area (Å²) in [5.74, 6) is 0.256. The molecule has 3 rings (SSSR count). The Bertz CT molecular complexity index is 914. The van der Waals surface area contributed by atoms with Crippen molar-refractivity contribution in [3.63, 3.8) is 0 Å². The third kappa shape index (κ3) is 3.40. The number of carbonyl (C=O) groups is 1. The van der Waals surface area contributed by atoms with Crippen LogP contribution in [0.1, 0.15) is 16.7 Å². The number of nitro groups is 1. The van der Waals surface area contributed by atoms with Gasteiger partial charge in [-0.3, -0.25) is 10.1 Å². The molecule has 0 aliphatic carbocycles. The lowest BCUT2D eigenvalue weighted by Gasteiger charge is -2.01. The molecule has 25 heavy (non-hydrogen) atoms. The van der Waals surface area contributed by atoms with Crippen molar-refractivity contribution >= 4 is 23.6 Å². The molecule has 1 aliphatic rings. The van der Waals surface area contributed by atoms with Gasteiger partial charge in [0.25, 0.3) is 5.69 Å². The molecule has 0 aromatic heterocycles. The van der Waals surface area contributed by atoms with Gasteiger partial charge in [0, 0.05) is 17.2 Å². The number of carbonyl (C=O) groups excluding carboxylic acids is 1. The predicted molar refractivity (Wildman–Crippen MR) is 91.4 cm³/mol. The van der Waals surface area contributed by atoms with Crippen molar-refractivity contribution in [3.8, 4) is 5.75 Å². The SMILES string of the molecule is COc1ccc(C2=N/C(=C\c3ccc(C)c([N+](=O)[O-])c3)C(=O)O2)cc1. The molecule has 0 saturated carbocycles. The second-order valence-electron chi connectivity index (χ2n) is 5.37. The molecule has 0 amide bonds. The number of hydrogen-bond acceptors (Lipinski definition) is 6. The molecule has 2 aromatic rings. The first kappa shape index (κ1) is 16.4. The highest BCUT2D eigenvalue weighted by atomic mass is 16.6. The van der Waals surface area contributed by atoms with Crippen LogP contribution in [0.15, 0.2) is 53.2 Å². The number of rotatable bonds is 4. The largest absolute Gasteiger partial charge is 0.497 e. The Hall–Kier alpha value is -3.48. The Morgan fingerprint density at radius 1 is 1.20 bits per heavy atom. The molecule has 0 bridgehead atoms. The standard InChI is InChI=1S/C18H14N2O5/c1-11-3-4-12(10-16(11)20(22)23)9-15-18(21)25-17(19-15)13-5-7-14(24-2)8-6-13/h3-10H,1-2H3/b15-9-. The molecule has 1 aliphatic heterocycles. The average molecular weight is 338 g/mol. The molecule has 0 spiro atoms. The van der Waals surface area contributed by atoms with Gasteiger partial charge in [-0.05, 0) is 42.8 Å². The monoisotopic (exact) mass is 338 g/mol. The van der Waals surface area contributed by atoms with Crippen LogP contribution in [0.25, 0.3) is 6.08 Å². The van der Waals surface area contributed by atoms with Crippen LogP contribution in [-0.2, 0) is 9.53 Å². The molecule has 7 heteroatoms. The van der Waals surface area contributed by atoms with Crippen molar-refractivity contribution in [2.45, 2.75) is 6.92 Å². The van der Waals surface area contributed by atoms with Crippen molar-refractivity contribution in [2.24, 2.45) is 4.99 Å². The maximum atomic E-state index is 12.0. The number of aryl methyl sites for hydroxylation is 1. The van der Waals surface area contributed by atoms with Gasteiger partial charge in [0.1, 0.15) is 5.75 Å². The molecule has 7 nitrogen and oxygen atoms in total. The van der Waals surface area contributed by atoms with Crippen molar-refractivity contribution < 1.29 is 19.2 Å². The molecular weight excluding hydrogens is 324 g/mol. The summed E-state index contributed by atoms with van der Waals surface area (Å²) in [5.41, 5.74) is 1.75. The molecule has 0 fully saturated rings. The Balaban J connectivity index is 1.93. The molecule has 1 heterocycles. The van der Waals surface area contributed by atoms with Crippen LogP contribution in [0.3, 0.4) is 0 Å². The van der Waals surface area contributed by atoms with E-state index < -0.39 is 10.9 Å². The van der Waals surface area contributed by atoms with Crippen LogP contribution < -0.4 is 4.74 Å². The van der Waals surface area contributed by atoms with Crippen LogP contribution in [0.5, 0.6) is 5.75 Å². The first-order chi connectivity index (χ1) is 12.0. The smallest absolute Gasteiger partial charge is 0.363 e. The molecule has 126 valence electrons. The first-order valence-electron chi connectivity index (χ1n) is 7.40. The third-order valence-corrected chi connectivity index (χ3v) is 3.69. The fraction of sp³-hybridized carbons (Fsp3) is 0.111. The minimum Gasteiger partial charge on any atom is -0.497 e. The molecule has 0 N–H and O–H groups in total. The van der Waals surface area contributed by atoms with E-state index in [1.54, 1.807) is 50.4 Å². The van der Waals surface area contributed by atoms with Gasteiger partial charge in [-0.2, -0.15) is 0 Å². The maximum Gasteiger partial charge on any atom is 0.363 e. The van der Waals surface area contributed by atoms with Gasteiger partial charge in [-0.15, -0.1) is 0 Å². The highest BCUT2D eigenvalue weighted by Crippen LogP contribution is 2.24. The van der Waals surface area contributed by atoms with E-state index in [-0.39, 0.29) is 17.3 Å². The number of benzene rings is 2. The number of hydrogen-bond donors (Lipinski definition) is 0. The van der Waals surface area contributed by atoms with Gasteiger partial charge in [-0.1, -0.05) is 12.1 Å². The van der Waals surface area contributed by atoms with Gasteiger partial charge in [-0.25, -0.2) is 9.79 Å². The van der Waals surface area contributed by atoms with E-state index in [4.69, 9.17) is 9.47 Å². The van der Waals surface area contributed by atoms with Crippen LogP contribution in [0, 0.1) is 17.0 Å². The predicted octanol–water partition coefficient (Wildman–Crippen LogP) is 3.26. The highest BCUT2D eigenvalue weighted by molar-refractivity contribution is 6.12. The lowest BCUT2D eigenvalue weighted by atomic mass is 10.1. The van der Waals surface area contributed by atoms with E-state index >= 15 is 0 Å². The third-order valence-electron chi connectivity index (χ3n) is 3.69. The van der Waals surface area contributed by atoms with E-state index in [0.717, 1.165) is 0 Å². The fourth-order valence-corrected chi connectivity index (χ4v) is 2.34. The quantitative estimate of drug-likeness (QED) is 0.369. The Morgan fingerprint density at radius 3 is 2.56 bits per heavy atom. The van der Waals surface area contributed by atoms with E-state index in [2.05, 4.69) is 4.99 Å². The summed E-state index contributed by atoms with van der Waals surface area (Å²) >= 11 is 0.